The number of ketones is 1. The fourth-order valence-corrected chi connectivity index (χ4v) is 8.28. The highest BCUT2D eigenvalue weighted by atomic mass is 16.1. The van der Waals surface area contributed by atoms with Crippen molar-refractivity contribution in [1.82, 2.24) is 9.78 Å². The lowest BCUT2D eigenvalue weighted by Crippen LogP contribution is -2.49. The van der Waals surface area contributed by atoms with E-state index in [9.17, 15) is 4.79 Å². The van der Waals surface area contributed by atoms with Gasteiger partial charge < -0.3 is 0 Å². The summed E-state index contributed by atoms with van der Waals surface area (Å²) in [4.78, 5) is 13.1. The van der Waals surface area contributed by atoms with E-state index in [1.54, 1.807) is 6.20 Å². The molecule has 3 heteroatoms. The monoisotopic (exact) mass is 368 g/mol. The standard InChI is InChI=1S/C24H36N2O/c1-16-4-6-18-17(14-16)5-7-20-19(18)10-11-24(2)21(20)8-9-22(24)23(27)15-26-13-3-12-25-26/h3,12-13,16-22H,4-11,14-15H2,1-2H3. The molecule has 1 heterocycles. The highest BCUT2D eigenvalue weighted by Crippen LogP contribution is 2.64. The van der Waals surface area contributed by atoms with Crippen LogP contribution in [0.5, 0.6) is 0 Å². The van der Waals surface area contributed by atoms with Crippen molar-refractivity contribution in [2.75, 3.05) is 0 Å². The molecular weight excluding hydrogens is 332 g/mol. The summed E-state index contributed by atoms with van der Waals surface area (Å²) in [6.45, 7) is 5.41. The van der Waals surface area contributed by atoms with E-state index in [4.69, 9.17) is 0 Å². The van der Waals surface area contributed by atoms with Crippen LogP contribution in [0.1, 0.15) is 71.6 Å². The number of rotatable bonds is 3. The van der Waals surface area contributed by atoms with Crippen LogP contribution in [0, 0.1) is 46.8 Å². The van der Waals surface area contributed by atoms with Gasteiger partial charge in [0.2, 0.25) is 0 Å². The molecule has 4 saturated carbocycles. The summed E-state index contributed by atoms with van der Waals surface area (Å²) in [7, 11) is 0. The quantitative estimate of drug-likeness (QED) is 0.720. The Morgan fingerprint density at radius 3 is 2.74 bits per heavy atom. The van der Waals surface area contributed by atoms with Crippen molar-refractivity contribution in [2.24, 2.45) is 46.8 Å². The smallest absolute Gasteiger partial charge is 0.157 e. The molecule has 4 aliphatic carbocycles. The minimum absolute atomic E-state index is 0.250. The second kappa shape index (κ2) is 6.74. The van der Waals surface area contributed by atoms with Gasteiger partial charge in [-0.3, -0.25) is 9.48 Å². The molecule has 0 bridgehead atoms. The average molecular weight is 369 g/mol. The minimum atomic E-state index is 0.250. The molecular formula is C24H36N2O. The lowest BCUT2D eigenvalue weighted by atomic mass is 9.49. The fourth-order valence-electron chi connectivity index (χ4n) is 8.28. The molecule has 148 valence electrons. The zero-order valence-electron chi connectivity index (χ0n) is 17.1. The van der Waals surface area contributed by atoms with E-state index >= 15 is 0 Å². The average Bonchev–Trinajstić information content (AvgIpc) is 3.28. The van der Waals surface area contributed by atoms with Gasteiger partial charge in [-0.05, 0) is 98.4 Å². The third-order valence-corrected chi connectivity index (χ3v) is 9.48. The van der Waals surface area contributed by atoms with Crippen LogP contribution < -0.4 is 0 Å². The molecule has 0 N–H and O–H groups in total. The maximum atomic E-state index is 13.1. The predicted molar refractivity (Wildman–Crippen MR) is 107 cm³/mol. The molecule has 0 aliphatic heterocycles. The van der Waals surface area contributed by atoms with Crippen LogP contribution in [-0.2, 0) is 11.3 Å². The van der Waals surface area contributed by atoms with Crippen LogP contribution in [-0.4, -0.2) is 15.6 Å². The second-order valence-electron chi connectivity index (χ2n) is 10.7. The second-order valence-corrected chi connectivity index (χ2v) is 10.7. The van der Waals surface area contributed by atoms with Crippen LogP contribution in [0.15, 0.2) is 18.5 Å². The van der Waals surface area contributed by atoms with E-state index in [2.05, 4.69) is 18.9 Å². The normalized spacial score (nSPS) is 46.4. The largest absolute Gasteiger partial charge is 0.297 e. The number of aromatic nitrogens is 2. The van der Waals surface area contributed by atoms with E-state index in [0.717, 1.165) is 41.9 Å². The van der Waals surface area contributed by atoms with Gasteiger partial charge in [-0.2, -0.15) is 5.10 Å². The van der Waals surface area contributed by atoms with E-state index < -0.39 is 0 Å². The van der Waals surface area contributed by atoms with Gasteiger partial charge in [0.25, 0.3) is 0 Å². The Hall–Kier alpha value is -1.12. The van der Waals surface area contributed by atoms with E-state index in [1.165, 1.54) is 51.4 Å². The Balaban J connectivity index is 1.33. The van der Waals surface area contributed by atoms with Crippen molar-refractivity contribution in [3.05, 3.63) is 18.5 Å². The van der Waals surface area contributed by atoms with Crippen LogP contribution in [0.2, 0.25) is 0 Å². The van der Waals surface area contributed by atoms with Crippen molar-refractivity contribution in [3.63, 3.8) is 0 Å². The zero-order chi connectivity index (χ0) is 18.6. The molecule has 3 nitrogen and oxygen atoms in total. The van der Waals surface area contributed by atoms with E-state index in [-0.39, 0.29) is 11.3 Å². The molecule has 5 rings (SSSR count). The topological polar surface area (TPSA) is 34.9 Å². The highest BCUT2D eigenvalue weighted by molar-refractivity contribution is 5.82. The summed E-state index contributed by atoms with van der Waals surface area (Å²) in [6.07, 6.45) is 16.1. The lowest BCUT2D eigenvalue weighted by Gasteiger charge is -2.56. The van der Waals surface area contributed by atoms with Crippen molar-refractivity contribution in [2.45, 2.75) is 78.2 Å². The maximum Gasteiger partial charge on any atom is 0.157 e. The molecule has 1 aromatic rings. The van der Waals surface area contributed by atoms with Crippen molar-refractivity contribution >= 4 is 5.78 Å². The summed E-state index contributed by atoms with van der Waals surface area (Å²) in [6, 6.07) is 1.92. The van der Waals surface area contributed by atoms with Crippen LogP contribution in [0.3, 0.4) is 0 Å². The first kappa shape index (κ1) is 17.9. The first-order chi connectivity index (χ1) is 13.1. The first-order valence-corrected chi connectivity index (χ1v) is 11.6. The molecule has 8 unspecified atom stereocenters. The zero-order valence-corrected chi connectivity index (χ0v) is 17.1. The number of hydrogen-bond acceptors (Lipinski definition) is 2. The molecule has 0 radical (unpaired) electrons. The highest BCUT2D eigenvalue weighted by Gasteiger charge is 2.58. The molecule has 8 atom stereocenters. The lowest BCUT2D eigenvalue weighted by molar-refractivity contribution is -0.131. The molecule has 1 aromatic heterocycles. The van der Waals surface area contributed by atoms with Crippen LogP contribution in [0.25, 0.3) is 0 Å². The summed E-state index contributed by atoms with van der Waals surface area (Å²) in [5.41, 5.74) is 0.250. The SMILES string of the molecule is CC1CCC2C(CCC3C2CCC2(C)C(C(=O)Cn4cccn4)CCC32)C1. The van der Waals surface area contributed by atoms with E-state index in [0.29, 0.717) is 12.3 Å². The Morgan fingerprint density at radius 2 is 1.93 bits per heavy atom. The van der Waals surface area contributed by atoms with E-state index in [1.807, 2.05) is 16.9 Å². The number of carbonyl (C=O) groups excluding carboxylic acids is 1. The maximum absolute atomic E-state index is 13.1. The van der Waals surface area contributed by atoms with Gasteiger partial charge in [-0.1, -0.05) is 20.3 Å². The van der Waals surface area contributed by atoms with Crippen molar-refractivity contribution in [1.29, 1.82) is 0 Å². The molecule has 0 saturated heterocycles. The Bertz CT molecular complexity index is 683. The summed E-state index contributed by atoms with van der Waals surface area (Å²) in [5.74, 6) is 6.33. The summed E-state index contributed by atoms with van der Waals surface area (Å²) >= 11 is 0. The van der Waals surface area contributed by atoms with Gasteiger partial charge in [-0.15, -0.1) is 0 Å². The molecule has 0 spiro atoms. The summed E-state index contributed by atoms with van der Waals surface area (Å²) in [5, 5.41) is 4.27. The molecule has 0 amide bonds. The minimum Gasteiger partial charge on any atom is -0.297 e. The number of nitrogens with zero attached hydrogens (tertiary/aromatic N) is 2. The number of carbonyl (C=O) groups is 1. The van der Waals surface area contributed by atoms with Gasteiger partial charge in [0.05, 0.1) is 6.54 Å². The number of hydrogen-bond donors (Lipinski definition) is 0. The predicted octanol–water partition coefficient (Wildman–Crippen LogP) is 5.36. The van der Waals surface area contributed by atoms with Gasteiger partial charge in [0.15, 0.2) is 5.78 Å². The summed E-state index contributed by atoms with van der Waals surface area (Å²) < 4.78 is 1.82. The van der Waals surface area contributed by atoms with Crippen molar-refractivity contribution in [3.8, 4) is 0 Å². The van der Waals surface area contributed by atoms with Gasteiger partial charge in [-0.25, -0.2) is 0 Å². The number of Topliss-reactive ketones (excluding diaryl/α,β-unsaturated/α-hetero) is 1. The first-order valence-electron chi connectivity index (χ1n) is 11.6. The van der Waals surface area contributed by atoms with Gasteiger partial charge in [0.1, 0.15) is 0 Å². The molecule has 4 aliphatic rings. The molecule has 27 heavy (non-hydrogen) atoms. The third-order valence-electron chi connectivity index (χ3n) is 9.48. The Morgan fingerprint density at radius 1 is 1.07 bits per heavy atom. The third kappa shape index (κ3) is 2.91. The molecule has 4 fully saturated rings. The fraction of sp³-hybridized carbons (Fsp3) is 0.833. The Labute approximate surface area is 164 Å². The molecule has 0 aromatic carbocycles. The Kier molecular flexibility index (Phi) is 4.48. The van der Waals surface area contributed by atoms with Crippen LogP contribution in [0.4, 0.5) is 0 Å². The number of fused-ring (bicyclic) bond motifs is 5. The van der Waals surface area contributed by atoms with Gasteiger partial charge >= 0.3 is 0 Å². The van der Waals surface area contributed by atoms with Crippen molar-refractivity contribution < 1.29 is 4.79 Å². The van der Waals surface area contributed by atoms with Gasteiger partial charge in [0, 0.05) is 18.3 Å². The van der Waals surface area contributed by atoms with Crippen LogP contribution >= 0.6 is 0 Å².